The second kappa shape index (κ2) is 11.7. The van der Waals surface area contributed by atoms with Gasteiger partial charge in [-0.15, -0.1) is 12.4 Å². The van der Waals surface area contributed by atoms with Crippen LogP contribution in [0.1, 0.15) is 88.4 Å². The Morgan fingerprint density at radius 3 is 2.28 bits per heavy atom. The van der Waals surface area contributed by atoms with Crippen molar-refractivity contribution in [1.82, 2.24) is 20.1 Å². The summed E-state index contributed by atoms with van der Waals surface area (Å²) in [5, 5.41) is 3.33. The summed E-state index contributed by atoms with van der Waals surface area (Å²) in [7, 11) is 2.23. The average molecular weight is 558 g/mol. The van der Waals surface area contributed by atoms with Gasteiger partial charge in [-0.3, -0.25) is 9.59 Å². The Hall–Kier alpha value is -2.32. The molecular weight excluding hydrogens is 514 g/mol. The van der Waals surface area contributed by atoms with Gasteiger partial charge in [0.1, 0.15) is 5.52 Å². The van der Waals surface area contributed by atoms with E-state index in [2.05, 4.69) is 40.9 Å². The van der Waals surface area contributed by atoms with E-state index in [1.54, 1.807) is 0 Å². The summed E-state index contributed by atoms with van der Waals surface area (Å²) in [6.07, 6.45) is 11.4. The first-order valence-corrected chi connectivity index (χ1v) is 14.9. The minimum Gasteiger partial charge on any atom is -0.423 e. The van der Waals surface area contributed by atoms with E-state index in [-0.39, 0.29) is 42.4 Å². The van der Waals surface area contributed by atoms with Gasteiger partial charge in [-0.2, -0.15) is 4.98 Å². The molecule has 1 aromatic carbocycles. The molecule has 2 amide bonds. The van der Waals surface area contributed by atoms with Gasteiger partial charge in [-0.1, -0.05) is 31.7 Å². The highest BCUT2D eigenvalue weighted by atomic mass is 35.5. The van der Waals surface area contributed by atoms with Crippen LogP contribution in [0.25, 0.3) is 11.1 Å². The van der Waals surface area contributed by atoms with Gasteiger partial charge in [0.15, 0.2) is 5.58 Å². The molecule has 3 aliphatic heterocycles. The number of rotatable bonds is 4. The van der Waals surface area contributed by atoms with E-state index in [4.69, 9.17) is 9.40 Å². The maximum Gasteiger partial charge on any atom is 0.299 e. The molecule has 4 fully saturated rings. The van der Waals surface area contributed by atoms with Crippen molar-refractivity contribution < 1.29 is 14.0 Å². The number of halogens is 1. The fraction of sp³-hybridized carbons (Fsp3) is 0.700. The highest BCUT2D eigenvalue weighted by molar-refractivity contribution is 6.04. The maximum absolute atomic E-state index is 13.4. The number of carbonyl (C=O) groups is 2. The van der Waals surface area contributed by atoms with E-state index in [1.165, 1.54) is 38.5 Å². The Morgan fingerprint density at radius 1 is 0.949 bits per heavy atom. The lowest BCUT2D eigenvalue weighted by Crippen LogP contribution is -2.59. The van der Waals surface area contributed by atoms with Gasteiger partial charge in [0, 0.05) is 49.2 Å². The van der Waals surface area contributed by atoms with Gasteiger partial charge in [0.2, 0.25) is 5.91 Å². The van der Waals surface area contributed by atoms with E-state index < -0.39 is 0 Å². The first-order chi connectivity index (χ1) is 18.4. The smallest absolute Gasteiger partial charge is 0.299 e. The summed E-state index contributed by atoms with van der Waals surface area (Å²) >= 11 is 0. The number of nitrogens with zero attached hydrogens (tertiary/aromatic N) is 4. The number of hydrogen-bond donors (Lipinski definition) is 1. The fourth-order valence-corrected chi connectivity index (χ4v) is 7.71. The first kappa shape index (κ1) is 28.2. The fourth-order valence-electron chi connectivity index (χ4n) is 7.71. The third-order valence-corrected chi connectivity index (χ3v) is 9.73. The molecule has 1 N–H and O–H groups in total. The zero-order chi connectivity index (χ0) is 26.4. The Kier molecular flexibility index (Phi) is 8.43. The van der Waals surface area contributed by atoms with E-state index in [9.17, 15) is 9.59 Å². The third-order valence-electron chi connectivity index (χ3n) is 9.73. The number of oxazole rings is 1. The third kappa shape index (κ3) is 5.51. The number of carbonyl (C=O) groups excluding carboxylic acids is 2. The summed E-state index contributed by atoms with van der Waals surface area (Å²) < 4.78 is 6.24. The zero-order valence-corrected chi connectivity index (χ0v) is 24.4. The molecule has 1 saturated carbocycles. The molecule has 9 heteroatoms. The molecule has 3 saturated heterocycles. The van der Waals surface area contributed by atoms with E-state index in [0.717, 1.165) is 25.7 Å². The number of aromatic nitrogens is 1. The molecule has 4 aliphatic rings. The monoisotopic (exact) mass is 557 g/mol. The van der Waals surface area contributed by atoms with Crippen molar-refractivity contribution in [1.29, 1.82) is 0 Å². The average Bonchev–Trinajstić information content (AvgIpc) is 3.32. The Bertz CT molecular complexity index is 1150. The van der Waals surface area contributed by atoms with Crippen molar-refractivity contribution in [3.05, 3.63) is 23.8 Å². The maximum atomic E-state index is 13.4. The van der Waals surface area contributed by atoms with Crippen LogP contribution >= 0.6 is 12.4 Å². The number of piperazine rings is 1. The SMILES string of the molecule is C[C@H]1CN(C(=O)C2CCCCC2)C[C@H](C)N1c1nc2c(C(=O)NC3CC4CCCC(C3)N4C)cccc2o1.Cl. The van der Waals surface area contributed by atoms with Crippen molar-refractivity contribution >= 4 is 41.3 Å². The lowest BCUT2D eigenvalue weighted by Gasteiger charge is -2.47. The van der Waals surface area contributed by atoms with Crippen LogP contribution in [-0.2, 0) is 4.79 Å². The van der Waals surface area contributed by atoms with Crippen LogP contribution in [0.5, 0.6) is 0 Å². The second-order valence-corrected chi connectivity index (χ2v) is 12.4. The van der Waals surface area contributed by atoms with Crippen molar-refractivity contribution in [3.63, 3.8) is 0 Å². The molecular formula is C30H44ClN5O3. The lowest BCUT2D eigenvalue weighted by atomic mass is 9.82. The summed E-state index contributed by atoms with van der Waals surface area (Å²) in [6.45, 7) is 5.61. The van der Waals surface area contributed by atoms with Gasteiger partial charge in [0.05, 0.1) is 5.56 Å². The zero-order valence-electron chi connectivity index (χ0n) is 23.6. The molecule has 1 aromatic heterocycles. The van der Waals surface area contributed by atoms with E-state index in [0.29, 0.717) is 53.8 Å². The summed E-state index contributed by atoms with van der Waals surface area (Å²) in [5.74, 6) is 0.439. The van der Waals surface area contributed by atoms with Gasteiger partial charge in [-0.25, -0.2) is 0 Å². The number of para-hydroxylation sites is 1. The lowest BCUT2D eigenvalue weighted by molar-refractivity contribution is -0.137. The van der Waals surface area contributed by atoms with Crippen LogP contribution in [0.3, 0.4) is 0 Å². The number of fused-ring (bicyclic) bond motifs is 3. The van der Waals surface area contributed by atoms with Gasteiger partial charge >= 0.3 is 0 Å². The van der Waals surface area contributed by atoms with Crippen LogP contribution in [0.2, 0.25) is 0 Å². The Morgan fingerprint density at radius 2 is 1.62 bits per heavy atom. The Labute approximate surface area is 238 Å². The minimum atomic E-state index is -0.0629. The number of hydrogen-bond acceptors (Lipinski definition) is 6. The number of benzene rings is 1. The van der Waals surface area contributed by atoms with Crippen molar-refractivity contribution in [2.45, 2.75) is 108 Å². The number of nitrogens with one attached hydrogen (secondary N) is 1. The largest absolute Gasteiger partial charge is 0.423 e. The summed E-state index contributed by atoms with van der Waals surface area (Å²) in [6, 6.07) is 7.65. The standard InChI is InChI=1S/C30H43N5O3.ClH/c1-19-17-34(29(37)21-9-5-4-6-10-21)18-20(2)35(19)30-32-27-25(13-8-14-26(27)38-30)28(36)31-22-15-23-11-7-12-24(16-22)33(23)3;/h8,13-14,19-24H,4-7,9-12,15-18H2,1-3H3,(H,31,36);1H/t19-,20-,22?,23?,24?;/m0./s1. The van der Waals surface area contributed by atoms with Crippen LogP contribution < -0.4 is 10.2 Å². The van der Waals surface area contributed by atoms with Crippen LogP contribution in [0, 0.1) is 5.92 Å². The topological polar surface area (TPSA) is 81.9 Å². The van der Waals surface area contributed by atoms with Crippen molar-refractivity contribution in [2.24, 2.45) is 5.92 Å². The van der Waals surface area contributed by atoms with Crippen molar-refractivity contribution in [3.8, 4) is 0 Å². The molecule has 0 radical (unpaired) electrons. The van der Waals surface area contributed by atoms with Crippen LogP contribution in [-0.4, -0.2) is 76.9 Å². The Balaban J connectivity index is 0.00000308. The molecule has 2 unspecified atom stereocenters. The number of piperidine rings is 2. The quantitative estimate of drug-likeness (QED) is 0.569. The molecule has 214 valence electrons. The highest BCUT2D eigenvalue weighted by Crippen LogP contribution is 2.34. The molecule has 2 bridgehead atoms. The highest BCUT2D eigenvalue weighted by Gasteiger charge is 2.38. The van der Waals surface area contributed by atoms with Gasteiger partial charge in [-0.05, 0) is 71.6 Å². The second-order valence-electron chi connectivity index (χ2n) is 12.4. The van der Waals surface area contributed by atoms with Gasteiger partial charge in [0.25, 0.3) is 11.9 Å². The molecule has 4 atom stereocenters. The molecule has 0 spiro atoms. The van der Waals surface area contributed by atoms with Crippen LogP contribution in [0.15, 0.2) is 22.6 Å². The van der Waals surface area contributed by atoms with Crippen LogP contribution in [0.4, 0.5) is 6.01 Å². The molecule has 4 heterocycles. The number of anilines is 1. The van der Waals surface area contributed by atoms with E-state index >= 15 is 0 Å². The predicted octanol–water partition coefficient (Wildman–Crippen LogP) is 5.00. The van der Waals surface area contributed by atoms with Crippen molar-refractivity contribution in [2.75, 3.05) is 25.0 Å². The normalized spacial score (nSPS) is 30.2. The summed E-state index contributed by atoms with van der Waals surface area (Å²) in [5.41, 5.74) is 1.83. The number of amides is 2. The summed E-state index contributed by atoms with van der Waals surface area (Å²) in [4.78, 5) is 38.3. The molecule has 1 aliphatic carbocycles. The first-order valence-electron chi connectivity index (χ1n) is 14.9. The molecule has 8 nitrogen and oxygen atoms in total. The van der Waals surface area contributed by atoms with Gasteiger partial charge < -0.3 is 24.4 Å². The molecule has 39 heavy (non-hydrogen) atoms. The predicted molar refractivity (Wildman–Crippen MR) is 155 cm³/mol. The molecule has 2 aromatic rings. The van der Waals surface area contributed by atoms with E-state index in [1.807, 2.05) is 18.2 Å². The molecule has 6 rings (SSSR count). The minimum absolute atomic E-state index is 0.